The number of carbonyl (C=O) groups is 2. The van der Waals surface area contributed by atoms with Crippen LogP contribution < -0.4 is 19.7 Å². The van der Waals surface area contributed by atoms with Crippen LogP contribution in [0.2, 0.25) is 0 Å². The maximum absolute atomic E-state index is 14.9. The number of anilines is 2. The van der Waals surface area contributed by atoms with Crippen LogP contribution in [0.4, 0.5) is 20.2 Å². The third-order valence-electron chi connectivity index (χ3n) is 4.88. The number of ketones is 2. The van der Waals surface area contributed by atoms with Gasteiger partial charge in [0.05, 0.1) is 32.0 Å². The molecule has 1 aliphatic heterocycles. The van der Waals surface area contributed by atoms with Crippen molar-refractivity contribution in [1.29, 1.82) is 0 Å². The highest BCUT2D eigenvalue weighted by molar-refractivity contribution is 6.44. The Morgan fingerprint density at radius 1 is 1.17 bits per heavy atom. The normalized spacial score (nSPS) is 13.0. The van der Waals surface area contributed by atoms with Gasteiger partial charge in [-0.1, -0.05) is 0 Å². The van der Waals surface area contributed by atoms with E-state index < -0.39 is 23.2 Å². The monoisotopic (exact) mass is 417 g/mol. The summed E-state index contributed by atoms with van der Waals surface area (Å²) in [5, 5.41) is 9.94. The van der Waals surface area contributed by atoms with Crippen LogP contribution in [0.5, 0.6) is 11.5 Å². The van der Waals surface area contributed by atoms with Crippen LogP contribution in [0.3, 0.4) is 0 Å². The largest absolute Gasteiger partial charge is 0.493 e. The van der Waals surface area contributed by atoms with Crippen LogP contribution >= 0.6 is 0 Å². The molecule has 2 N–H and O–H groups in total. The molecule has 9 nitrogen and oxygen atoms in total. The molecule has 0 atom stereocenters. The van der Waals surface area contributed by atoms with Crippen molar-refractivity contribution in [3.05, 3.63) is 35.2 Å². The number of aromatic amines is 1. The van der Waals surface area contributed by atoms with Gasteiger partial charge < -0.3 is 19.7 Å². The number of hydrogen-bond donors (Lipinski definition) is 2. The zero-order valence-electron chi connectivity index (χ0n) is 16.3. The van der Waals surface area contributed by atoms with Crippen molar-refractivity contribution in [3.8, 4) is 11.5 Å². The molecule has 4 rings (SSSR count). The fourth-order valence-electron chi connectivity index (χ4n) is 3.43. The average molecular weight is 417 g/mol. The molecule has 0 aliphatic carbocycles. The minimum absolute atomic E-state index is 0.00908. The van der Waals surface area contributed by atoms with Gasteiger partial charge in [0, 0.05) is 31.3 Å². The summed E-state index contributed by atoms with van der Waals surface area (Å²) in [4.78, 5) is 29.4. The van der Waals surface area contributed by atoms with Crippen molar-refractivity contribution in [1.82, 2.24) is 15.2 Å². The number of ether oxygens (including phenoxy) is 2. The van der Waals surface area contributed by atoms with E-state index in [0.29, 0.717) is 22.3 Å². The zero-order valence-corrected chi connectivity index (χ0v) is 16.3. The standard InChI is InChI=1S/C19H17F2N5O4/c1-8(27)18(28)16-12-15-9(5-22-19(12)25-24-16)6-26(7-23-15)17-13(20)10(29-2)4-11(30-3)14(17)21/h4-5,23H,6-7H2,1-3H3,(H,22,24,25). The van der Waals surface area contributed by atoms with E-state index in [1.165, 1.54) is 25.3 Å². The van der Waals surface area contributed by atoms with Crippen molar-refractivity contribution in [2.45, 2.75) is 13.5 Å². The molecule has 0 unspecified atom stereocenters. The maximum Gasteiger partial charge on any atom is 0.249 e. The first-order valence-corrected chi connectivity index (χ1v) is 8.87. The number of H-pyrrole nitrogens is 1. The molecule has 0 radical (unpaired) electrons. The molecule has 0 saturated heterocycles. The minimum Gasteiger partial charge on any atom is -0.493 e. The number of fused-ring (bicyclic) bond motifs is 3. The van der Waals surface area contributed by atoms with Crippen LogP contribution in [-0.4, -0.2) is 47.6 Å². The van der Waals surface area contributed by atoms with Gasteiger partial charge in [-0.15, -0.1) is 0 Å². The Hall–Kier alpha value is -3.76. The molecule has 11 heteroatoms. The Morgan fingerprint density at radius 2 is 1.83 bits per heavy atom. The van der Waals surface area contributed by atoms with E-state index in [-0.39, 0.29) is 36.1 Å². The average Bonchev–Trinajstić information content (AvgIpc) is 3.17. The molecular formula is C19H17F2N5O4. The van der Waals surface area contributed by atoms with Crippen LogP contribution in [0.15, 0.2) is 12.3 Å². The van der Waals surface area contributed by atoms with Crippen LogP contribution in [0, 0.1) is 11.6 Å². The summed E-state index contributed by atoms with van der Waals surface area (Å²) in [6, 6.07) is 1.13. The van der Waals surface area contributed by atoms with Gasteiger partial charge in [-0.2, -0.15) is 5.10 Å². The van der Waals surface area contributed by atoms with Crippen molar-refractivity contribution in [2.24, 2.45) is 0 Å². The molecule has 3 heterocycles. The van der Waals surface area contributed by atoms with Crippen molar-refractivity contribution in [2.75, 3.05) is 31.1 Å². The Morgan fingerprint density at radius 3 is 2.43 bits per heavy atom. The van der Waals surface area contributed by atoms with Gasteiger partial charge in [0.15, 0.2) is 28.8 Å². The lowest BCUT2D eigenvalue weighted by molar-refractivity contribution is -0.113. The number of benzene rings is 1. The summed E-state index contributed by atoms with van der Waals surface area (Å²) in [6.07, 6.45) is 1.50. The summed E-state index contributed by atoms with van der Waals surface area (Å²) in [6.45, 7) is 1.24. The number of nitrogens with one attached hydrogen (secondary N) is 2. The van der Waals surface area contributed by atoms with Gasteiger partial charge in [-0.25, -0.2) is 13.8 Å². The highest BCUT2D eigenvalue weighted by Gasteiger charge is 2.30. The maximum atomic E-state index is 14.9. The van der Waals surface area contributed by atoms with E-state index in [9.17, 15) is 18.4 Å². The Balaban J connectivity index is 1.80. The highest BCUT2D eigenvalue weighted by Crippen LogP contribution is 2.40. The van der Waals surface area contributed by atoms with Gasteiger partial charge in [-0.05, 0) is 0 Å². The summed E-state index contributed by atoms with van der Waals surface area (Å²) in [5.41, 5.74) is 1.03. The fraction of sp³-hybridized carbons (Fsp3) is 0.263. The number of pyridine rings is 1. The molecule has 0 amide bonds. The Kier molecular flexibility index (Phi) is 4.72. The lowest BCUT2D eigenvalue weighted by Crippen LogP contribution is -2.35. The number of aromatic nitrogens is 3. The van der Waals surface area contributed by atoms with E-state index in [0.717, 1.165) is 13.0 Å². The predicted molar refractivity (Wildman–Crippen MR) is 103 cm³/mol. The smallest absolute Gasteiger partial charge is 0.249 e. The van der Waals surface area contributed by atoms with Crippen LogP contribution in [-0.2, 0) is 11.3 Å². The summed E-state index contributed by atoms with van der Waals surface area (Å²) >= 11 is 0. The minimum atomic E-state index is -0.870. The third-order valence-corrected chi connectivity index (χ3v) is 4.88. The second kappa shape index (κ2) is 7.25. The number of methoxy groups -OCH3 is 2. The highest BCUT2D eigenvalue weighted by atomic mass is 19.1. The lowest BCUT2D eigenvalue weighted by Gasteiger charge is -2.32. The van der Waals surface area contributed by atoms with Gasteiger partial charge in [-0.3, -0.25) is 14.7 Å². The summed E-state index contributed by atoms with van der Waals surface area (Å²) < 4.78 is 39.7. The van der Waals surface area contributed by atoms with E-state index in [4.69, 9.17) is 9.47 Å². The summed E-state index contributed by atoms with van der Waals surface area (Å²) in [5.74, 6) is -3.48. The molecule has 156 valence electrons. The molecule has 1 aliphatic rings. The number of rotatable bonds is 5. The first-order valence-electron chi connectivity index (χ1n) is 8.87. The Bertz CT molecular complexity index is 1170. The number of Topliss-reactive ketones (excluding diaryl/α,β-unsaturated/α-hetero) is 2. The molecule has 2 aromatic heterocycles. The topological polar surface area (TPSA) is 109 Å². The van der Waals surface area contributed by atoms with Crippen molar-refractivity contribution in [3.63, 3.8) is 0 Å². The first-order chi connectivity index (χ1) is 14.4. The van der Waals surface area contributed by atoms with E-state index in [1.54, 1.807) is 0 Å². The molecular weight excluding hydrogens is 400 g/mol. The lowest BCUT2D eigenvalue weighted by atomic mass is 10.1. The number of hydrogen-bond acceptors (Lipinski definition) is 8. The predicted octanol–water partition coefficient (Wildman–Crippen LogP) is 2.41. The SMILES string of the molecule is COc1cc(OC)c(F)c(N2CNc3c(cnc4[nH]nc(C(=O)C(C)=O)c34)C2)c1F. The van der Waals surface area contributed by atoms with Gasteiger partial charge in [0.2, 0.25) is 11.6 Å². The molecule has 1 aromatic carbocycles. The Labute approximate surface area is 169 Å². The molecule has 30 heavy (non-hydrogen) atoms. The van der Waals surface area contributed by atoms with E-state index in [2.05, 4.69) is 20.5 Å². The number of halogens is 2. The van der Waals surface area contributed by atoms with Gasteiger partial charge in [0.25, 0.3) is 0 Å². The third kappa shape index (κ3) is 2.90. The molecule has 0 saturated carbocycles. The molecule has 0 spiro atoms. The molecule has 0 bridgehead atoms. The van der Waals surface area contributed by atoms with Gasteiger partial charge >= 0.3 is 0 Å². The summed E-state index contributed by atoms with van der Waals surface area (Å²) in [7, 11) is 2.55. The van der Waals surface area contributed by atoms with Crippen LogP contribution in [0.25, 0.3) is 11.0 Å². The molecule has 3 aromatic rings. The quantitative estimate of drug-likeness (QED) is 0.481. The van der Waals surface area contributed by atoms with E-state index >= 15 is 0 Å². The second-order valence-corrected chi connectivity index (χ2v) is 6.63. The van der Waals surface area contributed by atoms with Crippen LogP contribution in [0.1, 0.15) is 23.0 Å². The number of carbonyl (C=O) groups excluding carboxylic acids is 2. The van der Waals surface area contributed by atoms with Crippen molar-refractivity contribution >= 4 is 34.0 Å². The fourth-order valence-corrected chi connectivity index (χ4v) is 3.43. The van der Waals surface area contributed by atoms with Crippen molar-refractivity contribution < 1.29 is 27.8 Å². The zero-order chi connectivity index (χ0) is 21.6. The van der Waals surface area contributed by atoms with E-state index in [1.807, 2.05) is 0 Å². The first kappa shape index (κ1) is 19.6. The second-order valence-electron chi connectivity index (χ2n) is 6.63. The number of nitrogens with zero attached hydrogens (tertiary/aromatic N) is 3. The molecule has 0 fully saturated rings. The van der Waals surface area contributed by atoms with Gasteiger partial charge in [0.1, 0.15) is 11.4 Å².